The summed E-state index contributed by atoms with van der Waals surface area (Å²) < 4.78 is 0. The van der Waals surface area contributed by atoms with Crippen molar-refractivity contribution in [3.8, 4) is 11.8 Å². The van der Waals surface area contributed by atoms with Crippen molar-refractivity contribution in [3.05, 3.63) is 28.2 Å². The third-order valence-corrected chi connectivity index (χ3v) is 2.64. The fraction of sp³-hybridized carbons (Fsp3) is 0.308. The lowest BCUT2D eigenvalue weighted by molar-refractivity contribution is -0.116. The summed E-state index contributed by atoms with van der Waals surface area (Å²) in [7, 11) is 0. The summed E-state index contributed by atoms with van der Waals surface area (Å²) >= 11 is 11.7. The number of carbonyl (C=O) groups is 1. The Morgan fingerprint density at radius 1 is 1.41 bits per heavy atom. The van der Waals surface area contributed by atoms with Crippen molar-refractivity contribution >= 4 is 34.8 Å². The maximum Gasteiger partial charge on any atom is 0.224 e. The maximum atomic E-state index is 11.6. The largest absolute Gasteiger partial charge is 0.325 e. The molecule has 1 aromatic rings. The Balaban J connectivity index is 2.47. The second-order valence-corrected chi connectivity index (χ2v) is 4.30. The van der Waals surface area contributed by atoms with E-state index < -0.39 is 0 Å². The smallest absolute Gasteiger partial charge is 0.224 e. The van der Waals surface area contributed by atoms with Gasteiger partial charge in [0.25, 0.3) is 0 Å². The van der Waals surface area contributed by atoms with Gasteiger partial charge in [-0.2, -0.15) is 0 Å². The molecule has 1 N–H and O–H groups in total. The van der Waals surface area contributed by atoms with Crippen molar-refractivity contribution in [1.82, 2.24) is 0 Å². The molecule has 0 heterocycles. The number of hydrogen-bond acceptors (Lipinski definition) is 1. The monoisotopic (exact) mass is 269 g/mol. The molecule has 90 valence electrons. The third-order valence-electron chi connectivity index (χ3n) is 2.09. The number of hydrogen-bond donors (Lipinski definition) is 1. The van der Waals surface area contributed by atoms with Gasteiger partial charge in [-0.3, -0.25) is 4.79 Å². The third kappa shape index (κ3) is 5.12. The van der Waals surface area contributed by atoms with Crippen molar-refractivity contribution < 1.29 is 4.79 Å². The van der Waals surface area contributed by atoms with E-state index in [-0.39, 0.29) is 5.91 Å². The number of carbonyl (C=O) groups excluding carboxylic acids is 1. The lowest BCUT2D eigenvalue weighted by Crippen LogP contribution is -2.11. The van der Waals surface area contributed by atoms with Crippen LogP contribution in [0.2, 0.25) is 10.0 Å². The molecule has 1 rings (SSSR count). The summed E-state index contributed by atoms with van der Waals surface area (Å²) in [6.07, 6.45) is 1.92. The molecule has 2 nitrogen and oxygen atoms in total. The number of halogens is 2. The van der Waals surface area contributed by atoms with Crippen molar-refractivity contribution in [2.24, 2.45) is 0 Å². The van der Waals surface area contributed by atoms with E-state index in [1.165, 1.54) is 0 Å². The van der Waals surface area contributed by atoms with Gasteiger partial charge in [-0.05, 0) is 31.5 Å². The number of rotatable bonds is 4. The molecule has 0 saturated carbocycles. The SMILES string of the molecule is CC#CCCCC(=O)Nc1ccc(Cl)cc1Cl. The van der Waals surface area contributed by atoms with E-state index in [1.807, 2.05) is 0 Å². The second kappa shape index (κ2) is 7.21. The van der Waals surface area contributed by atoms with Crippen molar-refractivity contribution in [3.63, 3.8) is 0 Å². The molecule has 0 aliphatic heterocycles. The zero-order valence-corrected chi connectivity index (χ0v) is 11.0. The maximum absolute atomic E-state index is 11.6. The first-order valence-corrected chi connectivity index (χ1v) is 6.03. The van der Waals surface area contributed by atoms with Crippen molar-refractivity contribution in [2.75, 3.05) is 5.32 Å². The summed E-state index contributed by atoms with van der Waals surface area (Å²) in [5, 5.41) is 3.73. The quantitative estimate of drug-likeness (QED) is 0.647. The molecular weight excluding hydrogens is 257 g/mol. The summed E-state index contributed by atoms with van der Waals surface area (Å²) in [5.74, 6) is 5.64. The molecule has 0 aliphatic carbocycles. The molecule has 0 bridgehead atoms. The molecule has 1 amide bonds. The van der Waals surface area contributed by atoms with Crippen LogP contribution in [0.15, 0.2) is 18.2 Å². The van der Waals surface area contributed by atoms with Crippen LogP contribution in [0.1, 0.15) is 26.2 Å². The summed E-state index contributed by atoms with van der Waals surface area (Å²) in [6, 6.07) is 4.97. The number of anilines is 1. The van der Waals surface area contributed by atoms with Crippen molar-refractivity contribution in [2.45, 2.75) is 26.2 Å². The first kappa shape index (κ1) is 13.9. The molecule has 17 heavy (non-hydrogen) atoms. The van der Waals surface area contributed by atoms with Gasteiger partial charge < -0.3 is 5.32 Å². The van der Waals surface area contributed by atoms with E-state index in [0.29, 0.717) is 22.2 Å². The van der Waals surface area contributed by atoms with Gasteiger partial charge in [0, 0.05) is 17.9 Å². The van der Waals surface area contributed by atoms with Crippen LogP contribution in [0.5, 0.6) is 0 Å². The van der Waals surface area contributed by atoms with Crippen LogP contribution >= 0.6 is 23.2 Å². The summed E-state index contributed by atoms with van der Waals surface area (Å²) in [5.41, 5.74) is 0.586. The predicted octanol–water partition coefficient (Wildman–Crippen LogP) is 4.13. The fourth-order valence-electron chi connectivity index (χ4n) is 1.27. The highest BCUT2D eigenvalue weighted by Crippen LogP contribution is 2.25. The van der Waals surface area contributed by atoms with Gasteiger partial charge in [0.15, 0.2) is 0 Å². The van der Waals surface area contributed by atoms with E-state index in [1.54, 1.807) is 25.1 Å². The number of nitrogens with one attached hydrogen (secondary N) is 1. The molecule has 4 heteroatoms. The Kier molecular flexibility index (Phi) is 5.90. The molecule has 0 unspecified atom stereocenters. The van der Waals surface area contributed by atoms with Crippen LogP contribution in [0.4, 0.5) is 5.69 Å². The van der Waals surface area contributed by atoms with Crippen LogP contribution in [0, 0.1) is 11.8 Å². The molecule has 0 fully saturated rings. The minimum absolute atomic E-state index is 0.0628. The molecular formula is C13H13Cl2NO. The highest BCUT2D eigenvalue weighted by atomic mass is 35.5. The van der Waals surface area contributed by atoms with E-state index in [2.05, 4.69) is 17.2 Å². The van der Waals surface area contributed by atoms with Gasteiger partial charge >= 0.3 is 0 Å². The van der Waals surface area contributed by atoms with Gasteiger partial charge in [0.05, 0.1) is 10.7 Å². The zero-order valence-electron chi connectivity index (χ0n) is 9.52. The lowest BCUT2D eigenvalue weighted by Gasteiger charge is -2.06. The van der Waals surface area contributed by atoms with Gasteiger partial charge in [-0.1, -0.05) is 23.2 Å². The Labute approximate surface area is 111 Å². The second-order valence-electron chi connectivity index (χ2n) is 3.45. The molecule has 0 spiro atoms. The predicted molar refractivity (Wildman–Crippen MR) is 72.4 cm³/mol. The van der Waals surface area contributed by atoms with Crippen LogP contribution < -0.4 is 5.32 Å². The molecule has 0 aromatic heterocycles. The Morgan fingerprint density at radius 3 is 2.82 bits per heavy atom. The number of benzene rings is 1. The summed E-state index contributed by atoms with van der Waals surface area (Å²) in [6.45, 7) is 1.79. The number of amides is 1. The molecule has 0 atom stereocenters. The van der Waals surface area contributed by atoms with Gasteiger partial charge in [0.1, 0.15) is 0 Å². The minimum atomic E-state index is -0.0628. The topological polar surface area (TPSA) is 29.1 Å². The Bertz CT molecular complexity index is 460. The van der Waals surface area contributed by atoms with Crippen molar-refractivity contribution in [1.29, 1.82) is 0 Å². The normalized spacial score (nSPS) is 9.35. The molecule has 0 radical (unpaired) electrons. The fourth-order valence-corrected chi connectivity index (χ4v) is 1.72. The first-order chi connectivity index (χ1) is 8.13. The van der Waals surface area contributed by atoms with Crippen LogP contribution in [-0.2, 0) is 4.79 Å². The highest BCUT2D eigenvalue weighted by molar-refractivity contribution is 6.36. The average molecular weight is 270 g/mol. The van der Waals surface area contributed by atoms with Crippen LogP contribution in [0.25, 0.3) is 0 Å². The van der Waals surface area contributed by atoms with Gasteiger partial charge in [0.2, 0.25) is 5.91 Å². The first-order valence-electron chi connectivity index (χ1n) is 5.28. The zero-order chi connectivity index (χ0) is 12.7. The standard InChI is InChI=1S/C13H13Cl2NO/c1-2-3-4-5-6-13(17)16-12-8-7-10(14)9-11(12)15/h7-9H,4-6H2,1H3,(H,16,17). The molecule has 0 aliphatic rings. The van der Waals surface area contributed by atoms with Crippen LogP contribution in [-0.4, -0.2) is 5.91 Å². The Morgan fingerprint density at radius 2 is 2.18 bits per heavy atom. The van der Waals surface area contributed by atoms with E-state index in [0.717, 1.165) is 12.8 Å². The van der Waals surface area contributed by atoms with E-state index in [4.69, 9.17) is 23.2 Å². The highest BCUT2D eigenvalue weighted by Gasteiger charge is 2.05. The van der Waals surface area contributed by atoms with Gasteiger partial charge in [-0.25, -0.2) is 0 Å². The van der Waals surface area contributed by atoms with E-state index in [9.17, 15) is 4.79 Å². The lowest BCUT2D eigenvalue weighted by atomic mass is 10.2. The van der Waals surface area contributed by atoms with Crippen LogP contribution in [0.3, 0.4) is 0 Å². The molecule has 1 aromatic carbocycles. The Hall–Kier alpha value is -1.17. The summed E-state index contributed by atoms with van der Waals surface area (Å²) in [4.78, 5) is 11.6. The number of unbranched alkanes of at least 4 members (excludes halogenated alkanes) is 1. The van der Waals surface area contributed by atoms with Gasteiger partial charge in [-0.15, -0.1) is 11.8 Å². The average Bonchev–Trinajstić information content (AvgIpc) is 2.28. The van der Waals surface area contributed by atoms with E-state index >= 15 is 0 Å². The minimum Gasteiger partial charge on any atom is -0.325 e. The molecule has 0 saturated heterocycles.